The number of rotatable bonds is 4. The average molecular weight is 370 g/mol. The fourth-order valence-electron chi connectivity index (χ4n) is 1.43. The summed E-state index contributed by atoms with van der Waals surface area (Å²) in [5.74, 6) is 0.00360. The Hall–Kier alpha value is -1.25. The van der Waals surface area contributed by atoms with Gasteiger partial charge in [0.25, 0.3) is 0 Å². The van der Waals surface area contributed by atoms with Crippen LogP contribution in [0.4, 0.5) is 13.2 Å². The number of pyridine rings is 1. The van der Waals surface area contributed by atoms with E-state index in [1.165, 1.54) is 19.4 Å². The molecule has 0 radical (unpaired) electrons. The second-order valence-corrected chi connectivity index (χ2v) is 5.63. The summed E-state index contributed by atoms with van der Waals surface area (Å²) in [6.07, 6.45) is -3.16. The molecule has 0 aliphatic carbocycles. The molecule has 0 amide bonds. The van der Waals surface area contributed by atoms with Crippen molar-refractivity contribution in [2.24, 2.45) is 0 Å². The van der Waals surface area contributed by atoms with E-state index >= 15 is 0 Å². The number of hydrogen-bond acceptors (Lipinski definition) is 5. The van der Waals surface area contributed by atoms with Crippen LogP contribution in [0, 0.1) is 0 Å². The second-order valence-electron chi connectivity index (χ2n) is 3.93. The van der Waals surface area contributed by atoms with Crippen LogP contribution in [0.25, 0.3) is 0 Å². The van der Waals surface area contributed by atoms with Gasteiger partial charge >= 0.3 is 6.18 Å². The van der Waals surface area contributed by atoms with Gasteiger partial charge in [0, 0.05) is 28.6 Å². The SMILES string of the molecule is COc1cc(C(F)(F)F)nc(SCc2c(Cl)ccnc2Cl)n1. The first kappa shape index (κ1) is 17.1. The molecule has 2 rings (SSSR count). The molecule has 2 aromatic heterocycles. The number of ether oxygens (including phenoxy) is 1. The van der Waals surface area contributed by atoms with Gasteiger partial charge in [-0.2, -0.15) is 18.2 Å². The van der Waals surface area contributed by atoms with E-state index < -0.39 is 11.9 Å². The minimum atomic E-state index is -4.59. The molecule has 0 saturated carbocycles. The molecule has 22 heavy (non-hydrogen) atoms. The number of thioether (sulfide) groups is 1. The Morgan fingerprint density at radius 1 is 1.27 bits per heavy atom. The van der Waals surface area contributed by atoms with E-state index in [0.717, 1.165) is 17.8 Å². The van der Waals surface area contributed by atoms with Gasteiger partial charge in [-0.3, -0.25) is 0 Å². The lowest BCUT2D eigenvalue weighted by atomic mass is 10.3. The van der Waals surface area contributed by atoms with Crippen molar-refractivity contribution in [1.29, 1.82) is 0 Å². The zero-order chi connectivity index (χ0) is 16.3. The maximum absolute atomic E-state index is 12.8. The van der Waals surface area contributed by atoms with Crippen LogP contribution in [-0.2, 0) is 11.9 Å². The van der Waals surface area contributed by atoms with E-state index in [-0.39, 0.29) is 21.9 Å². The fourth-order valence-corrected chi connectivity index (χ4v) is 2.96. The highest BCUT2D eigenvalue weighted by molar-refractivity contribution is 7.98. The third-order valence-electron chi connectivity index (χ3n) is 2.47. The number of methoxy groups -OCH3 is 1. The molecule has 0 saturated heterocycles. The molecule has 2 aromatic rings. The normalized spacial score (nSPS) is 11.5. The second kappa shape index (κ2) is 6.89. The van der Waals surface area contributed by atoms with Crippen LogP contribution in [0.1, 0.15) is 11.3 Å². The van der Waals surface area contributed by atoms with Crippen molar-refractivity contribution < 1.29 is 17.9 Å². The fraction of sp³-hybridized carbons (Fsp3) is 0.250. The highest BCUT2D eigenvalue weighted by Crippen LogP contribution is 2.33. The average Bonchev–Trinajstić information content (AvgIpc) is 2.45. The van der Waals surface area contributed by atoms with Gasteiger partial charge in [0.05, 0.1) is 7.11 Å². The van der Waals surface area contributed by atoms with Crippen molar-refractivity contribution in [2.75, 3.05) is 7.11 Å². The summed E-state index contributed by atoms with van der Waals surface area (Å²) in [5, 5.41) is 0.452. The Labute approximate surface area is 138 Å². The van der Waals surface area contributed by atoms with Crippen molar-refractivity contribution in [2.45, 2.75) is 17.1 Å². The largest absolute Gasteiger partial charge is 0.481 e. The minimum Gasteiger partial charge on any atom is -0.481 e. The van der Waals surface area contributed by atoms with Gasteiger partial charge in [-0.1, -0.05) is 35.0 Å². The number of halogens is 5. The van der Waals surface area contributed by atoms with Crippen LogP contribution in [0.3, 0.4) is 0 Å². The summed E-state index contributed by atoms with van der Waals surface area (Å²) >= 11 is 12.8. The molecule has 0 bridgehead atoms. The number of hydrogen-bond donors (Lipinski definition) is 0. The predicted molar refractivity (Wildman–Crippen MR) is 77.4 cm³/mol. The van der Waals surface area contributed by atoms with E-state index in [1.54, 1.807) is 0 Å². The first-order chi connectivity index (χ1) is 10.3. The Kier molecular flexibility index (Phi) is 5.36. The van der Waals surface area contributed by atoms with Crippen molar-refractivity contribution in [1.82, 2.24) is 15.0 Å². The van der Waals surface area contributed by atoms with Gasteiger partial charge in [0.2, 0.25) is 5.88 Å². The molecule has 0 aromatic carbocycles. The molecule has 4 nitrogen and oxygen atoms in total. The first-order valence-electron chi connectivity index (χ1n) is 5.73. The molecule has 0 aliphatic rings. The molecule has 0 spiro atoms. The van der Waals surface area contributed by atoms with Gasteiger partial charge in [0.1, 0.15) is 5.15 Å². The van der Waals surface area contributed by atoms with Crippen LogP contribution in [0.2, 0.25) is 10.2 Å². The maximum atomic E-state index is 12.8. The standard InChI is InChI=1S/C12H8Cl2F3N3OS/c1-21-9-4-8(12(15,16)17)19-11(20-9)22-5-6-7(13)2-3-18-10(6)14/h2-4H,5H2,1H3. The van der Waals surface area contributed by atoms with Crippen LogP contribution in [-0.4, -0.2) is 22.1 Å². The van der Waals surface area contributed by atoms with E-state index in [9.17, 15) is 13.2 Å². The van der Waals surface area contributed by atoms with E-state index in [0.29, 0.717) is 10.6 Å². The highest BCUT2D eigenvalue weighted by atomic mass is 35.5. The monoisotopic (exact) mass is 369 g/mol. The van der Waals surface area contributed by atoms with Gasteiger partial charge in [0.15, 0.2) is 10.9 Å². The van der Waals surface area contributed by atoms with Gasteiger partial charge < -0.3 is 4.74 Å². The summed E-state index contributed by atoms with van der Waals surface area (Å²) < 4.78 is 43.1. The van der Waals surface area contributed by atoms with Gasteiger partial charge in [-0.05, 0) is 6.07 Å². The van der Waals surface area contributed by atoms with Crippen molar-refractivity contribution >= 4 is 35.0 Å². The van der Waals surface area contributed by atoms with Crippen molar-refractivity contribution in [3.8, 4) is 5.88 Å². The Morgan fingerprint density at radius 3 is 2.59 bits per heavy atom. The van der Waals surface area contributed by atoms with Crippen molar-refractivity contribution in [3.05, 3.63) is 39.8 Å². The molecule has 0 aliphatic heterocycles. The van der Waals surface area contributed by atoms with Gasteiger partial charge in [-0.15, -0.1) is 0 Å². The lowest BCUT2D eigenvalue weighted by Gasteiger charge is -2.10. The van der Waals surface area contributed by atoms with E-state index in [1.807, 2.05) is 0 Å². The summed E-state index contributed by atoms with van der Waals surface area (Å²) in [4.78, 5) is 11.2. The van der Waals surface area contributed by atoms with Crippen LogP contribution < -0.4 is 4.74 Å². The van der Waals surface area contributed by atoms with Crippen LogP contribution >= 0.6 is 35.0 Å². The van der Waals surface area contributed by atoms with Gasteiger partial charge in [-0.25, -0.2) is 9.97 Å². The van der Waals surface area contributed by atoms with Crippen LogP contribution in [0.15, 0.2) is 23.5 Å². The quantitative estimate of drug-likeness (QED) is 0.451. The highest BCUT2D eigenvalue weighted by Gasteiger charge is 2.34. The summed E-state index contributed by atoms with van der Waals surface area (Å²) in [7, 11) is 1.23. The zero-order valence-electron chi connectivity index (χ0n) is 11.0. The van der Waals surface area contributed by atoms with E-state index in [4.69, 9.17) is 27.9 Å². The molecule has 2 heterocycles. The summed E-state index contributed by atoms with van der Waals surface area (Å²) in [5.41, 5.74) is -0.582. The Morgan fingerprint density at radius 2 is 2.00 bits per heavy atom. The minimum absolute atomic E-state index is 0.0948. The maximum Gasteiger partial charge on any atom is 0.433 e. The molecule has 0 N–H and O–H groups in total. The molecule has 10 heteroatoms. The van der Waals surface area contributed by atoms with E-state index in [2.05, 4.69) is 15.0 Å². The zero-order valence-corrected chi connectivity index (χ0v) is 13.3. The lowest BCUT2D eigenvalue weighted by Crippen LogP contribution is -2.10. The first-order valence-corrected chi connectivity index (χ1v) is 7.47. The number of nitrogens with zero attached hydrogens (tertiary/aromatic N) is 3. The molecular weight excluding hydrogens is 362 g/mol. The Balaban J connectivity index is 2.26. The third kappa shape index (κ3) is 4.15. The van der Waals surface area contributed by atoms with Crippen molar-refractivity contribution in [3.63, 3.8) is 0 Å². The molecule has 0 atom stereocenters. The summed E-state index contributed by atoms with van der Waals surface area (Å²) in [6, 6.07) is 2.27. The topological polar surface area (TPSA) is 47.9 Å². The smallest absolute Gasteiger partial charge is 0.433 e. The number of aromatic nitrogens is 3. The van der Waals surface area contributed by atoms with Crippen LogP contribution in [0.5, 0.6) is 5.88 Å². The molecule has 0 unspecified atom stereocenters. The number of alkyl halides is 3. The summed E-state index contributed by atoms with van der Waals surface area (Å²) in [6.45, 7) is 0. The molecule has 118 valence electrons. The third-order valence-corrected chi connectivity index (χ3v) is 4.03. The Bertz CT molecular complexity index is 665. The molecular formula is C12H8Cl2F3N3OS. The lowest BCUT2D eigenvalue weighted by molar-refractivity contribution is -0.141. The predicted octanol–water partition coefficient (Wildman–Crippen LogP) is 4.50. The molecule has 0 fully saturated rings.